The van der Waals surface area contributed by atoms with Crippen LogP contribution in [-0.2, 0) is 14.3 Å². The predicted octanol–water partition coefficient (Wildman–Crippen LogP) is 2.72. The van der Waals surface area contributed by atoms with Gasteiger partial charge in [0.15, 0.2) is 0 Å². The molecule has 0 spiro atoms. The highest BCUT2D eigenvalue weighted by Crippen LogP contribution is 2.27. The summed E-state index contributed by atoms with van der Waals surface area (Å²) in [4.78, 5) is 25.8. The maximum Gasteiger partial charge on any atom is 0.337 e. The Balaban J connectivity index is 2.28. The van der Waals surface area contributed by atoms with E-state index in [-0.39, 0.29) is 18.9 Å². The van der Waals surface area contributed by atoms with E-state index in [2.05, 4.69) is 5.32 Å². The van der Waals surface area contributed by atoms with Crippen molar-refractivity contribution in [1.82, 2.24) is 10.2 Å². The summed E-state index contributed by atoms with van der Waals surface area (Å²) in [6.07, 6.45) is 2.25. The van der Waals surface area contributed by atoms with Crippen molar-refractivity contribution >= 4 is 12.0 Å². The third-order valence-electron chi connectivity index (χ3n) is 3.43. The molecule has 24 heavy (non-hydrogen) atoms. The summed E-state index contributed by atoms with van der Waals surface area (Å²) in [5, 5.41) is 2.73. The summed E-state index contributed by atoms with van der Waals surface area (Å²) in [6, 6.07) is 4.52. The van der Waals surface area contributed by atoms with E-state index in [0.717, 1.165) is 6.42 Å². The molecule has 1 aliphatic heterocycles. The smallest absolute Gasteiger partial charge is 0.337 e. The summed E-state index contributed by atoms with van der Waals surface area (Å²) in [5.41, 5.74) is 0.862. The number of nitrogens with one attached hydrogen (secondary N) is 1. The van der Waals surface area contributed by atoms with Gasteiger partial charge in [0, 0.05) is 12.8 Å². The summed E-state index contributed by atoms with van der Waals surface area (Å²) < 4.78 is 23.5. The van der Waals surface area contributed by atoms with Gasteiger partial charge >= 0.3 is 12.0 Å². The van der Waals surface area contributed by atoms with Crippen LogP contribution >= 0.6 is 0 Å². The lowest BCUT2D eigenvalue weighted by Gasteiger charge is -2.31. The number of esters is 1. The van der Waals surface area contributed by atoms with E-state index in [0.29, 0.717) is 12.2 Å². The van der Waals surface area contributed by atoms with Gasteiger partial charge in [-0.2, -0.15) is 0 Å². The van der Waals surface area contributed by atoms with Crippen molar-refractivity contribution in [3.05, 3.63) is 47.4 Å². The summed E-state index contributed by atoms with van der Waals surface area (Å²) >= 11 is 0. The van der Waals surface area contributed by atoms with Crippen molar-refractivity contribution in [2.24, 2.45) is 0 Å². The maximum absolute atomic E-state index is 13.1. The highest BCUT2D eigenvalue weighted by Gasteiger charge is 2.32. The molecule has 0 saturated heterocycles. The molecule has 0 fully saturated rings. The first-order valence-corrected chi connectivity index (χ1v) is 7.86. The number of urea groups is 1. The third-order valence-corrected chi connectivity index (χ3v) is 3.43. The van der Waals surface area contributed by atoms with Crippen molar-refractivity contribution in [2.45, 2.75) is 26.3 Å². The number of hydrogen-bond acceptors (Lipinski definition) is 4. The zero-order chi connectivity index (χ0) is 17.5. The monoisotopic (exact) mass is 336 g/mol. The second-order valence-corrected chi connectivity index (χ2v) is 5.25. The molecule has 1 atom stereocenters. The molecular weight excluding hydrogens is 315 g/mol. The van der Waals surface area contributed by atoms with E-state index in [9.17, 15) is 14.0 Å². The first-order valence-electron chi connectivity index (χ1n) is 7.86. The largest absolute Gasteiger partial charge is 0.463 e. The van der Waals surface area contributed by atoms with E-state index in [1.165, 1.54) is 35.4 Å². The van der Waals surface area contributed by atoms with Gasteiger partial charge < -0.3 is 14.8 Å². The number of carbonyl (C=O) groups excluding carboxylic acids is 2. The minimum Gasteiger partial charge on any atom is -0.463 e. The Morgan fingerprint density at radius 3 is 2.62 bits per heavy atom. The topological polar surface area (TPSA) is 67.9 Å². The zero-order valence-corrected chi connectivity index (χ0v) is 13.8. The average Bonchev–Trinajstić information content (AvgIpc) is 2.57. The first kappa shape index (κ1) is 17.9. The number of halogens is 1. The van der Waals surface area contributed by atoms with Crippen LogP contribution in [-0.4, -0.2) is 36.8 Å². The molecule has 1 aromatic carbocycles. The zero-order valence-electron chi connectivity index (χ0n) is 13.8. The number of carbonyl (C=O) groups is 2. The van der Waals surface area contributed by atoms with Gasteiger partial charge in [-0.3, -0.25) is 4.90 Å². The summed E-state index contributed by atoms with van der Waals surface area (Å²) in [5.74, 6) is -0.926. The minimum absolute atomic E-state index is 0.0404. The van der Waals surface area contributed by atoms with E-state index >= 15 is 0 Å². The van der Waals surface area contributed by atoms with Gasteiger partial charge in [-0.25, -0.2) is 14.0 Å². The normalized spacial score (nSPS) is 17.3. The molecule has 2 amide bonds. The Hall–Kier alpha value is -2.41. The Labute approximate surface area is 140 Å². The van der Waals surface area contributed by atoms with E-state index in [1.807, 2.05) is 6.92 Å². The molecule has 0 aliphatic carbocycles. The molecule has 0 radical (unpaired) electrons. The van der Waals surface area contributed by atoms with Gasteiger partial charge in [0.1, 0.15) is 12.5 Å². The lowest BCUT2D eigenvalue weighted by Crippen LogP contribution is -2.46. The van der Waals surface area contributed by atoms with Crippen LogP contribution in [0.3, 0.4) is 0 Å². The van der Waals surface area contributed by atoms with Crippen LogP contribution in [0.1, 0.15) is 31.9 Å². The minimum atomic E-state index is -0.695. The van der Waals surface area contributed by atoms with Gasteiger partial charge in [-0.15, -0.1) is 0 Å². The van der Waals surface area contributed by atoms with Crippen molar-refractivity contribution in [3.8, 4) is 0 Å². The van der Waals surface area contributed by atoms with Crippen LogP contribution in [0, 0.1) is 5.82 Å². The highest BCUT2D eigenvalue weighted by molar-refractivity contribution is 5.93. The summed E-state index contributed by atoms with van der Waals surface area (Å²) in [7, 11) is 0. The van der Waals surface area contributed by atoms with Gasteiger partial charge in [0.05, 0.1) is 18.2 Å². The molecule has 0 bridgehead atoms. The number of hydrogen-bond donors (Lipinski definition) is 1. The molecule has 1 N–H and O–H groups in total. The van der Waals surface area contributed by atoms with Gasteiger partial charge in [-0.05, 0) is 31.0 Å². The lowest BCUT2D eigenvalue weighted by molar-refractivity contribution is -0.139. The lowest BCUT2D eigenvalue weighted by atomic mass is 9.98. The number of ether oxygens (including phenoxy) is 2. The molecular formula is C17H21FN2O4. The molecule has 7 heteroatoms. The number of benzene rings is 1. The molecule has 1 heterocycles. The standard InChI is InChI=1S/C17H21FN2O4/c1-3-9-23-11-20-10-14(16(21)24-4-2)15(19-17(20)22)12-5-7-13(18)8-6-12/h5-8,10,15H,3-4,9,11H2,1-2H3,(H,19,22). The molecule has 1 aliphatic rings. The Morgan fingerprint density at radius 1 is 1.29 bits per heavy atom. The van der Waals surface area contributed by atoms with Gasteiger partial charge in [0.2, 0.25) is 0 Å². The quantitative estimate of drug-likeness (QED) is 0.614. The molecule has 0 saturated carbocycles. The van der Waals surface area contributed by atoms with E-state index < -0.39 is 23.9 Å². The van der Waals surface area contributed by atoms with Crippen molar-refractivity contribution in [2.75, 3.05) is 19.9 Å². The van der Waals surface area contributed by atoms with Crippen LogP contribution in [0.4, 0.5) is 9.18 Å². The van der Waals surface area contributed by atoms with E-state index in [4.69, 9.17) is 9.47 Å². The van der Waals surface area contributed by atoms with Crippen LogP contribution < -0.4 is 5.32 Å². The number of nitrogens with zero attached hydrogens (tertiary/aromatic N) is 1. The molecule has 130 valence electrons. The van der Waals surface area contributed by atoms with E-state index in [1.54, 1.807) is 6.92 Å². The van der Waals surface area contributed by atoms with Gasteiger partial charge in [0.25, 0.3) is 0 Å². The molecule has 2 rings (SSSR count). The number of amides is 2. The molecule has 1 aromatic rings. The third kappa shape index (κ3) is 4.32. The van der Waals surface area contributed by atoms with Gasteiger partial charge in [-0.1, -0.05) is 19.1 Å². The second kappa shape index (κ2) is 8.44. The van der Waals surface area contributed by atoms with Crippen molar-refractivity contribution in [3.63, 3.8) is 0 Å². The first-order chi connectivity index (χ1) is 11.6. The Kier molecular flexibility index (Phi) is 6.31. The average molecular weight is 336 g/mol. The van der Waals surface area contributed by atoms with Crippen molar-refractivity contribution < 1.29 is 23.5 Å². The maximum atomic E-state index is 13.1. The fourth-order valence-electron chi connectivity index (χ4n) is 2.29. The van der Waals surface area contributed by atoms with Crippen LogP contribution in [0.25, 0.3) is 0 Å². The summed E-state index contributed by atoms with van der Waals surface area (Å²) in [6.45, 7) is 4.43. The predicted molar refractivity (Wildman–Crippen MR) is 85.3 cm³/mol. The molecule has 1 unspecified atom stereocenters. The Bertz CT molecular complexity index is 616. The Morgan fingerprint density at radius 2 is 2.00 bits per heavy atom. The second-order valence-electron chi connectivity index (χ2n) is 5.25. The van der Waals surface area contributed by atoms with Crippen molar-refractivity contribution in [1.29, 1.82) is 0 Å². The van der Waals surface area contributed by atoms with Crippen LogP contribution in [0.5, 0.6) is 0 Å². The fraction of sp³-hybridized carbons (Fsp3) is 0.412. The fourth-order valence-corrected chi connectivity index (χ4v) is 2.29. The molecule has 6 nitrogen and oxygen atoms in total. The molecule has 0 aromatic heterocycles. The number of rotatable bonds is 7. The SMILES string of the molecule is CCCOCN1C=C(C(=O)OCC)C(c2ccc(F)cc2)NC1=O. The van der Waals surface area contributed by atoms with Crippen LogP contribution in [0.15, 0.2) is 36.0 Å². The van der Waals surface area contributed by atoms with Crippen LogP contribution in [0.2, 0.25) is 0 Å². The highest BCUT2D eigenvalue weighted by atomic mass is 19.1.